The fourth-order valence-corrected chi connectivity index (χ4v) is 4.03. The van der Waals surface area contributed by atoms with Crippen molar-refractivity contribution in [3.8, 4) is 0 Å². The molecule has 0 aliphatic carbocycles. The Morgan fingerprint density at radius 3 is 2.57 bits per heavy atom. The van der Waals surface area contributed by atoms with E-state index in [0.717, 1.165) is 27.2 Å². The number of ether oxygens (including phenoxy) is 1. The zero-order valence-corrected chi connectivity index (χ0v) is 17.1. The van der Waals surface area contributed by atoms with Crippen molar-refractivity contribution in [1.29, 1.82) is 0 Å². The number of hydrogen-bond donors (Lipinski definition) is 1. The van der Waals surface area contributed by atoms with E-state index in [1.165, 1.54) is 17.7 Å². The number of nitrogens with zero attached hydrogens (tertiary/aromatic N) is 3. The van der Waals surface area contributed by atoms with Crippen molar-refractivity contribution >= 4 is 39.2 Å². The predicted octanol–water partition coefficient (Wildman–Crippen LogP) is 3.17. The average molecular weight is 398 g/mol. The van der Waals surface area contributed by atoms with E-state index in [1.807, 2.05) is 31.0 Å². The quantitative estimate of drug-likeness (QED) is 0.642. The summed E-state index contributed by atoms with van der Waals surface area (Å²) in [6.45, 7) is 4.61. The van der Waals surface area contributed by atoms with Crippen molar-refractivity contribution in [3.63, 3.8) is 0 Å². The third-order valence-electron chi connectivity index (χ3n) is 4.39. The van der Waals surface area contributed by atoms with Crippen molar-refractivity contribution in [2.24, 2.45) is 0 Å². The second kappa shape index (κ2) is 8.35. The molecule has 3 aromatic rings. The smallest absolute Gasteiger partial charge is 0.348 e. The molecule has 0 aliphatic heterocycles. The first kappa shape index (κ1) is 19.8. The van der Waals surface area contributed by atoms with Gasteiger partial charge in [-0.05, 0) is 37.1 Å². The van der Waals surface area contributed by atoms with Crippen LogP contribution in [0.2, 0.25) is 0 Å². The van der Waals surface area contributed by atoms with E-state index in [4.69, 9.17) is 4.74 Å². The number of amides is 1. The molecule has 0 spiro atoms. The molecule has 3 rings (SSSR count). The van der Waals surface area contributed by atoms with Gasteiger partial charge >= 0.3 is 5.97 Å². The van der Waals surface area contributed by atoms with Crippen molar-refractivity contribution in [2.75, 3.05) is 25.6 Å². The molecule has 0 aliphatic rings. The van der Waals surface area contributed by atoms with E-state index in [-0.39, 0.29) is 11.9 Å². The Bertz CT molecular complexity index is 1010. The van der Waals surface area contributed by atoms with Crippen LogP contribution in [0.25, 0.3) is 10.2 Å². The molecule has 0 saturated heterocycles. The molecule has 28 heavy (non-hydrogen) atoms. The zero-order valence-electron chi connectivity index (χ0n) is 16.3. The number of rotatable bonds is 6. The maximum atomic E-state index is 12.2. The molecular formula is C20H22N4O3S. The molecule has 1 amide bonds. The minimum absolute atomic E-state index is 0.113. The summed E-state index contributed by atoms with van der Waals surface area (Å²) in [5.41, 5.74) is 2.49. The summed E-state index contributed by atoms with van der Waals surface area (Å²) in [6.07, 6.45) is 1.51. The second-order valence-electron chi connectivity index (χ2n) is 6.29. The van der Waals surface area contributed by atoms with Crippen molar-refractivity contribution in [1.82, 2.24) is 15.3 Å². The molecule has 146 valence electrons. The van der Waals surface area contributed by atoms with E-state index >= 15 is 0 Å². The number of carbonyl (C=O) groups excluding carboxylic acids is 2. The van der Waals surface area contributed by atoms with Crippen LogP contribution >= 0.6 is 11.3 Å². The Hall–Kier alpha value is -3.00. The number of thiophene rings is 1. The summed E-state index contributed by atoms with van der Waals surface area (Å²) >= 11 is 1.32. The monoisotopic (exact) mass is 398 g/mol. The van der Waals surface area contributed by atoms with Gasteiger partial charge in [0.1, 0.15) is 21.9 Å². The number of aryl methyl sites for hydroxylation is 1. The van der Waals surface area contributed by atoms with Crippen LogP contribution in [0.5, 0.6) is 0 Å². The van der Waals surface area contributed by atoms with Gasteiger partial charge in [0.25, 0.3) is 5.91 Å². The number of aromatic nitrogens is 2. The third-order valence-corrected chi connectivity index (χ3v) is 5.57. The molecule has 8 heteroatoms. The van der Waals surface area contributed by atoms with Crippen LogP contribution in [0.15, 0.2) is 30.6 Å². The highest BCUT2D eigenvalue weighted by Crippen LogP contribution is 2.35. The minimum Gasteiger partial charge on any atom is -0.462 e. The maximum absolute atomic E-state index is 12.2. The number of benzene rings is 1. The third kappa shape index (κ3) is 3.82. The highest BCUT2D eigenvalue weighted by molar-refractivity contribution is 7.20. The fraction of sp³-hybridized carbons (Fsp3) is 0.300. The second-order valence-corrected chi connectivity index (χ2v) is 7.29. The average Bonchev–Trinajstić information content (AvgIpc) is 3.05. The molecule has 0 saturated carbocycles. The summed E-state index contributed by atoms with van der Waals surface area (Å²) in [6, 6.07) is 7.44. The Kier molecular flexibility index (Phi) is 5.89. The van der Waals surface area contributed by atoms with Gasteiger partial charge in [0.15, 0.2) is 0 Å². The highest BCUT2D eigenvalue weighted by atomic mass is 32.1. The molecule has 0 fully saturated rings. The lowest BCUT2D eigenvalue weighted by Gasteiger charge is -2.19. The predicted molar refractivity (Wildman–Crippen MR) is 110 cm³/mol. The number of esters is 1. The normalized spacial score (nSPS) is 10.7. The molecule has 2 heterocycles. The van der Waals surface area contributed by atoms with Crippen LogP contribution in [-0.4, -0.2) is 42.5 Å². The first-order valence-corrected chi connectivity index (χ1v) is 9.71. The minimum atomic E-state index is -0.332. The summed E-state index contributed by atoms with van der Waals surface area (Å²) in [4.78, 5) is 36.0. The Labute approximate surface area is 167 Å². The lowest BCUT2D eigenvalue weighted by atomic mass is 10.1. The van der Waals surface area contributed by atoms with Gasteiger partial charge in [0.2, 0.25) is 0 Å². The van der Waals surface area contributed by atoms with Gasteiger partial charge in [0.05, 0.1) is 12.0 Å². The highest BCUT2D eigenvalue weighted by Gasteiger charge is 2.21. The van der Waals surface area contributed by atoms with Crippen molar-refractivity contribution < 1.29 is 14.3 Å². The molecule has 0 radical (unpaired) electrons. The van der Waals surface area contributed by atoms with Gasteiger partial charge in [-0.15, -0.1) is 11.3 Å². The molecule has 0 atom stereocenters. The van der Waals surface area contributed by atoms with E-state index < -0.39 is 0 Å². The molecule has 7 nitrogen and oxygen atoms in total. The van der Waals surface area contributed by atoms with Gasteiger partial charge < -0.3 is 15.0 Å². The summed E-state index contributed by atoms with van der Waals surface area (Å²) < 4.78 is 5.15. The van der Waals surface area contributed by atoms with Crippen LogP contribution in [-0.2, 0) is 11.3 Å². The Morgan fingerprint density at radius 1 is 1.21 bits per heavy atom. The number of anilines is 1. The van der Waals surface area contributed by atoms with E-state index in [1.54, 1.807) is 26.1 Å². The van der Waals surface area contributed by atoms with Crippen LogP contribution in [0.3, 0.4) is 0 Å². The number of fused-ring (bicyclic) bond motifs is 1. The van der Waals surface area contributed by atoms with Crippen molar-refractivity contribution in [2.45, 2.75) is 20.4 Å². The van der Waals surface area contributed by atoms with Gasteiger partial charge in [-0.25, -0.2) is 14.8 Å². The molecule has 2 aromatic heterocycles. The summed E-state index contributed by atoms with van der Waals surface area (Å²) in [5, 5.41) is 3.47. The van der Waals surface area contributed by atoms with Gasteiger partial charge in [-0.1, -0.05) is 12.1 Å². The molecule has 0 bridgehead atoms. The number of hydrogen-bond acceptors (Lipinski definition) is 7. The molecule has 0 unspecified atom stereocenters. The first-order valence-electron chi connectivity index (χ1n) is 8.89. The Balaban J connectivity index is 1.90. The van der Waals surface area contributed by atoms with Crippen LogP contribution in [0.1, 0.15) is 38.1 Å². The lowest BCUT2D eigenvalue weighted by molar-refractivity contribution is 0.0531. The molecule has 1 N–H and O–H groups in total. The maximum Gasteiger partial charge on any atom is 0.348 e. The van der Waals surface area contributed by atoms with E-state index in [0.29, 0.717) is 23.6 Å². The number of nitrogens with one attached hydrogen (secondary N) is 1. The molecule has 1 aromatic carbocycles. The van der Waals surface area contributed by atoms with Gasteiger partial charge in [-0.2, -0.15) is 0 Å². The lowest BCUT2D eigenvalue weighted by Crippen LogP contribution is -2.19. The first-order chi connectivity index (χ1) is 13.5. The van der Waals surface area contributed by atoms with Crippen LogP contribution < -0.4 is 10.2 Å². The van der Waals surface area contributed by atoms with Crippen molar-refractivity contribution in [3.05, 3.63) is 52.2 Å². The molecular weight excluding hydrogens is 376 g/mol. The zero-order chi connectivity index (χ0) is 20.3. The fourth-order valence-electron chi connectivity index (χ4n) is 2.99. The topological polar surface area (TPSA) is 84.4 Å². The SMILES string of the molecule is CCOC(=O)c1sc2ncnc(N(C)Cc3ccc(C(=O)NC)cc3)c2c1C. The Morgan fingerprint density at radius 2 is 1.93 bits per heavy atom. The van der Waals surface area contributed by atoms with Gasteiger partial charge in [-0.3, -0.25) is 4.79 Å². The summed E-state index contributed by atoms with van der Waals surface area (Å²) in [5.74, 6) is 0.309. The standard InChI is InChI=1S/C20H22N4O3S/c1-5-27-20(26)16-12(2)15-17(22-11-23-19(15)28-16)24(4)10-13-6-8-14(9-7-13)18(25)21-3/h6-9,11H,5,10H2,1-4H3,(H,21,25). The number of carbonyl (C=O) groups is 2. The van der Waals surface area contributed by atoms with Gasteiger partial charge in [0, 0.05) is 26.2 Å². The van der Waals surface area contributed by atoms with Crippen LogP contribution in [0.4, 0.5) is 5.82 Å². The van der Waals surface area contributed by atoms with Crippen LogP contribution in [0, 0.1) is 6.92 Å². The summed E-state index contributed by atoms with van der Waals surface area (Å²) in [7, 11) is 3.55. The largest absolute Gasteiger partial charge is 0.462 e. The van der Waals surface area contributed by atoms with E-state index in [2.05, 4.69) is 15.3 Å². The van der Waals surface area contributed by atoms with E-state index in [9.17, 15) is 9.59 Å².